The molecule has 1 aliphatic heterocycles. The molecule has 1 heterocycles. The van der Waals surface area contributed by atoms with Crippen LogP contribution >= 0.6 is 0 Å². The molecule has 4 heteroatoms. The Balaban J connectivity index is 1.97. The van der Waals surface area contributed by atoms with Crippen molar-refractivity contribution in [2.45, 2.75) is 69.8 Å². The predicted octanol–water partition coefficient (Wildman–Crippen LogP) is 1.80. The van der Waals surface area contributed by atoms with E-state index in [0.717, 1.165) is 25.7 Å². The summed E-state index contributed by atoms with van der Waals surface area (Å²) in [4.78, 5) is 0. The molecule has 106 valence electrons. The van der Waals surface area contributed by atoms with Gasteiger partial charge in [-0.05, 0) is 18.8 Å². The lowest BCUT2D eigenvalue weighted by Crippen LogP contribution is -2.56. The van der Waals surface area contributed by atoms with Gasteiger partial charge in [0.15, 0.2) is 5.79 Å². The number of aliphatic hydroxyl groups is 1. The Morgan fingerprint density at radius 3 is 2.00 bits per heavy atom. The molecule has 0 amide bonds. The van der Waals surface area contributed by atoms with Crippen molar-refractivity contribution in [1.29, 1.82) is 0 Å². The molecular weight excluding hydrogens is 230 g/mol. The van der Waals surface area contributed by atoms with Crippen LogP contribution in [0, 0.1) is 5.92 Å². The topological polar surface area (TPSA) is 64.7 Å². The summed E-state index contributed by atoms with van der Waals surface area (Å²) in [7, 11) is 0. The fourth-order valence-corrected chi connectivity index (χ4v) is 3.42. The van der Waals surface area contributed by atoms with Crippen molar-refractivity contribution in [3.05, 3.63) is 0 Å². The lowest BCUT2D eigenvalue weighted by atomic mass is 9.72. The molecule has 1 atom stereocenters. The van der Waals surface area contributed by atoms with Crippen molar-refractivity contribution in [1.82, 2.24) is 0 Å². The summed E-state index contributed by atoms with van der Waals surface area (Å²) in [5.41, 5.74) is 5.56. The summed E-state index contributed by atoms with van der Waals surface area (Å²) in [5.74, 6) is -0.0191. The van der Waals surface area contributed by atoms with E-state index in [1.807, 2.05) is 0 Å². The molecule has 0 aromatic carbocycles. The van der Waals surface area contributed by atoms with E-state index in [1.165, 1.54) is 0 Å². The Bertz CT molecular complexity index is 262. The van der Waals surface area contributed by atoms with Crippen LogP contribution in [0.1, 0.15) is 52.4 Å². The Morgan fingerprint density at radius 1 is 1.06 bits per heavy atom. The summed E-state index contributed by atoms with van der Waals surface area (Å²) >= 11 is 0. The van der Waals surface area contributed by atoms with Crippen molar-refractivity contribution in [3.63, 3.8) is 0 Å². The first-order valence-corrected chi connectivity index (χ1v) is 7.31. The molecule has 0 aromatic heterocycles. The van der Waals surface area contributed by atoms with Gasteiger partial charge in [-0.25, -0.2) is 0 Å². The highest BCUT2D eigenvalue weighted by Crippen LogP contribution is 2.42. The van der Waals surface area contributed by atoms with Gasteiger partial charge in [-0.1, -0.05) is 26.7 Å². The third-order valence-electron chi connectivity index (χ3n) is 4.87. The third kappa shape index (κ3) is 2.57. The number of nitrogens with two attached hydrogens (primary N) is 1. The van der Waals surface area contributed by atoms with Crippen LogP contribution in [0.4, 0.5) is 0 Å². The van der Waals surface area contributed by atoms with E-state index < -0.39 is 11.4 Å². The molecule has 0 bridgehead atoms. The maximum absolute atomic E-state index is 10.8. The minimum absolute atomic E-state index is 0.133. The highest BCUT2D eigenvalue weighted by atomic mass is 16.7. The molecule has 2 rings (SSSR count). The van der Waals surface area contributed by atoms with Crippen LogP contribution in [-0.2, 0) is 9.47 Å². The van der Waals surface area contributed by atoms with Crippen molar-refractivity contribution in [3.8, 4) is 0 Å². The molecule has 1 saturated heterocycles. The summed E-state index contributed by atoms with van der Waals surface area (Å²) in [6, 6.07) is -0.133. The molecule has 2 fully saturated rings. The monoisotopic (exact) mass is 257 g/mol. The predicted molar refractivity (Wildman–Crippen MR) is 70.1 cm³/mol. The summed E-state index contributed by atoms with van der Waals surface area (Å²) in [6.07, 6.45) is 4.94. The smallest absolute Gasteiger partial charge is 0.168 e. The fraction of sp³-hybridized carbons (Fsp3) is 1.00. The Kier molecular flexibility index (Phi) is 4.32. The van der Waals surface area contributed by atoms with Crippen LogP contribution in [0.5, 0.6) is 0 Å². The minimum atomic E-state index is -0.739. The molecule has 2 aliphatic rings. The van der Waals surface area contributed by atoms with E-state index in [1.54, 1.807) is 0 Å². The van der Waals surface area contributed by atoms with Gasteiger partial charge >= 0.3 is 0 Å². The van der Waals surface area contributed by atoms with Gasteiger partial charge in [-0.15, -0.1) is 0 Å². The van der Waals surface area contributed by atoms with E-state index in [2.05, 4.69) is 13.8 Å². The fourth-order valence-electron chi connectivity index (χ4n) is 3.42. The van der Waals surface area contributed by atoms with Gasteiger partial charge in [0.2, 0.25) is 0 Å². The number of hydrogen-bond acceptors (Lipinski definition) is 4. The van der Waals surface area contributed by atoms with E-state index in [4.69, 9.17) is 15.2 Å². The van der Waals surface area contributed by atoms with Gasteiger partial charge in [0.1, 0.15) is 0 Å². The third-order valence-corrected chi connectivity index (χ3v) is 4.87. The first kappa shape index (κ1) is 14.3. The molecule has 18 heavy (non-hydrogen) atoms. The Hall–Kier alpha value is -0.160. The zero-order chi connectivity index (χ0) is 13.2. The largest absolute Gasteiger partial charge is 0.388 e. The lowest BCUT2D eigenvalue weighted by molar-refractivity contribution is -0.207. The van der Waals surface area contributed by atoms with E-state index in [-0.39, 0.29) is 6.04 Å². The molecule has 0 radical (unpaired) electrons. The normalized spacial score (nSPS) is 27.8. The van der Waals surface area contributed by atoms with E-state index >= 15 is 0 Å². The van der Waals surface area contributed by atoms with Gasteiger partial charge in [-0.2, -0.15) is 0 Å². The number of ether oxygens (including phenoxy) is 2. The van der Waals surface area contributed by atoms with Crippen molar-refractivity contribution in [2.75, 3.05) is 13.2 Å². The zero-order valence-electron chi connectivity index (χ0n) is 11.7. The number of hydrogen-bond donors (Lipinski definition) is 2. The summed E-state index contributed by atoms with van der Waals surface area (Å²) in [6.45, 7) is 5.64. The van der Waals surface area contributed by atoms with E-state index in [0.29, 0.717) is 32.0 Å². The average Bonchev–Trinajstić information content (AvgIpc) is 2.84. The SMILES string of the molecule is CCC(CC)C(N)C1(O)CCC2(CC1)OCCO2. The minimum Gasteiger partial charge on any atom is -0.388 e. The van der Waals surface area contributed by atoms with Crippen molar-refractivity contribution in [2.24, 2.45) is 11.7 Å². The van der Waals surface area contributed by atoms with Crippen LogP contribution in [0.3, 0.4) is 0 Å². The first-order chi connectivity index (χ1) is 8.55. The summed E-state index contributed by atoms with van der Waals surface area (Å²) < 4.78 is 11.4. The maximum Gasteiger partial charge on any atom is 0.168 e. The zero-order valence-corrected chi connectivity index (χ0v) is 11.7. The standard InChI is InChI=1S/C14H27NO3/c1-3-11(4-2)12(15)13(16)5-7-14(8-6-13)17-9-10-18-14/h11-12,16H,3-10,15H2,1-2H3. The van der Waals surface area contributed by atoms with E-state index in [9.17, 15) is 5.11 Å². The van der Waals surface area contributed by atoms with Gasteiger partial charge in [-0.3, -0.25) is 0 Å². The average molecular weight is 257 g/mol. The van der Waals surface area contributed by atoms with Crippen LogP contribution in [0.2, 0.25) is 0 Å². The second-order valence-corrected chi connectivity index (χ2v) is 5.81. The highest BCUT2D eigenvalue weighted by Gasteiger charge is 2.48. The lowest BCUT2D eigenvalue weighted by Gasteiger charge is -2.45. The van der Waals surface area contributed by atoms with Gasteiger partial charge < -0.3 is 20.3 Å². The molecule has 4 nitrogen and oxygen atoms in total. The molecular formula is C14H27NO3. The molecule has 1 unspecified atom stereocenters. The second-order valence-electron chi connectivity index (χ2n) is 5.81. The van der Waals surface area contributed by atoms with Gasteiger partial charge in [0, 0.05) is 18.9 Å². The Labute approximate surface area is 110 Å². The molecule has 0 aromatic rings. The molecule has 3 N–H and O–H groups in total. The molecule has 1 aliphatic carbocycles. The van der Waals surface area contributed by atoms with Crippen LogP contribution in [0.15, 0.2) is 0 Å². The number of rotatable bonds is 4. The van der Waals surface area contributed by atoms with Crippen molar-refractivity contribution < 1.29 is 14.6 Å². The second kappa shape index (κ2) is 5.45. The molecule has 1 saturated carbocycles. The highest BCUT2D eigenvalue weighted by molar-refractivity contribution is 4.99. The van der Waals surface area contributed by atoms with Crippen molar-refractivity contribution >= 4 is 0 Å². The van der Waals surface area contributed by atoms with Gasteiger partial charge in [0.25, 0.3) is 0 Å². The Morgan fingerprint density at radius 2 is 1.56 bits per heavy atom. The summed E-state index contributed by atoms with van der Waals surface area (Å²) in [5, 5.41) is 10.8. The van der Waals surface area contributed by atoms with Crippen LogP contribution in [0.25, 0.3) is 0 Å². The van der Waals surface area contributed by atoms with Crippen LogP contribution < -0.4 is 5.73 Å². The maximum atomic E-state index is 10.8. The molecule has 1 spiro atoms. The first-order valence-electron chi connectivity index (χ1n) is 7.31. The van der Waals surface area contributed by atoms with Crippen LogP contribution in [-0.4, -0.2) is 35.8 Å². The van der Waals surface area contributed by atoms with Gasteiger partial charge in [0.05, 0.1) is 18.8 Å². The quantitative estimate of drug-likeness (QED) is 0.806.